The maximum Gasteiger partial charge on any atom is 0.147 e. The van der Waals surface area contributed by atoms with E-state index >= 15 is 0 Å². The van der Waals surface area contributed by atoms with Gasteiger partial charge in [-0.1, -0.05) is 0 Å². The summed E-state index contributed by atoms with van der Waals surface area (Å²) in [5, 5.41) is 0. The highest BCUT2D eigenvalue weighted by Gasteiger charge is 1.99. The highest BCUT2D eigenvalue weighted by atomic mass is 32.2. The Morgan fingerprint density at radius 1 is 1.40 bits per heavy atom. The van der Waals surface area contributed by atoms with Crippen molar-refractivity contribution in [1.82, 2.24) is 5.43 Å². The quantitative estimate of drug-likeness (QED) is 0.321. The first kappa shape index (κ1) is 9.87. The number of sulfone groups is 1. The van der Waals surface area contributed by atoms with E-state index in [1.54, 1.807) is 0 Å². The maximum absolute atomic E-state index is 10.5. The molecular weight excluding hydrogens is 152 g/mol. The first-order chi connectivity index (χ1) is 4.56. The number of hydrogen-bond acceptors (Lipinski definition) is 4. The molecule has 0 fully saturated rings. The Balaban J connectivity index is 3.21. The zero-order valence-electron chi connectivity index (χ0n) is 6.13. The molecule has 0 aromatic rings. The van der Waals surface area contributed by atoms with Gasteiger partial charge in [0.15, 0.2) is 0 Å². The van der Waals surface area contributed by atoms with E-state index in [2.05, 4.69) is 5.43 Å². The molecule has 0 bridgehead atoms. The topological polar surface area (TPSA) is 72.2 Å². The van der Waals surface area contributed by atoms with Gasteiger partial charge in [0.25, 0.3) is 0 Å². The van der Waals surface area contributed by atoms with Crippen LogP contribution in [0, 0.1) is 0 Å². The van der Waals surface area contributed by atoms with Gasteiger partial charge in [0.05, 0.1) is 0 Å². The lowest BCUT2D eigenvalue weighted by molar-refractivity contribution is 0.594. The van der Waals surface area contributed by atoms with Crippen molar-refractivity contribution in [3.63, 3.8) is 0 Å². The van der Waals surface area contributed by atoms with Crippen molar-refractivity contribution >= 4 is 9.84 Å². The molecule has 0 unspecified atom stereocenters. The minimum Gasteiger partial charge on any atom is -0.271 e. The molecule has 4 nitrogen and oxygen atoms in total. The van der Waals surface area contributed by atoms with Gasteiger partial charge in [-0.3, -0.25) is 11.3 Å². The zero-order valence-corrected chi connectivity index (χ0v) is 6.95. The normalized spacial score (nSPS) is 11.8. The third-order valence-corrected chi connectivity index (χ3v) is 2.12. The minimum absolute atomic E-state index is 0.259. The number of nitrogens with two attached hydrogens (primary N) is 1. The second-order valence-electron chi connectivity index (χ2n) is 2.29. The summed E-state index contributed by atoms with van der Waals surface area (Å²) in [5.41, 5.74) is 2.46. The molecule has 0 heterocycles. The summed E-state index contributed by atoms with van der Waals surface area (Å²) >= 11 is 0. The molecule has 5 heteroatoms. The average molecular weight is 166 g/mol. The Kier molecular flexibility index (Phi) is 4.59. The minimum atomic E-state index is -2.77. The van der Waals surface area contributed by atoms with Crippen LogP contribution < -0.4 is 11.3 Å². The van der Waals surface area contributed by atoms with Gasteiger partial charge < -0.3 is 0 Å². The van der Waals surface area contributed by atoms with Crippen LogP contribution in [0.1, 0.15) is 12.8 Å². The second-order valence-corrected chi connectivity index (χ2v) is 4.55. The Morgan fingerprint density at radius 2 is 2.00 bits per heavy atom. The van der Waals surface area contributed by atoms with E-state index in [1.807, 2.05) is 0 Å². The third-order valence-electron chi connectivity index (χ3n) is 1.09. The Hall–Kier alpha value is -0.130. The molecule has 0 saturated carbocycles. The fourth-order valence-corrected chi connectivity index (χ4v) is 1.32. The van der Waals surface area contributed by atoms with E-state index < -0.39 is 9.84 Å². The summed E-state index contributed by atoms with van der Waals surface area (Å²) in [4.78, 5) is 0. The number of hydrazine groups is 1. The largest absolute Gasteiger partial charge is 0.271 e. The van der Waals surface area contributed by atoms with Crippen molar-refractivity contribution in [1.29, 1.82) is 0 Å². The Bertz CT molecular complexity index is 164. The van der Waals surface area contributed by atoms with Crippen LogP contribution in [0.5, 0.6) is 0 Å². The molecule has 0 spiro atoms. The van der Waals surface area contributed by atoms with Gasteiger partial charge in [0, 0.05) is 18.6 Å². The summed E-state index contributed by atoms with van der Waals surface area (Å²) in [5.74, 6) is 5.24. The van der Waals surface area contributed by atoms with Crippen LogP contribution in [0.25, 0.3) is 0 Å². The van der Waals surface area contributed by atoms with Crippen LogP contribution in [-0.2, 0) is 9.84 Å². The number of rotatable bonds is 5. The van der Waals surface area contributed by atoms with Crippen LogP contribution in [0.2, 0.25) is 0 Å². The molecule has 0 atom stereocenters. The summed E-state index contributed by atoms with van der Waals surface area (Å²) in [6.45, 7) is 0.676. The van der Waals surface area contributed by atoms with Gasteiger partial charge in [-0.2, -0.15) is 0 Å². The van der Waals surface area contributed by atoms with E-state index in [0.717, 1.165) is 6.42 Å². The van der Waals surface area contributed by atoms with E-state index in [1.165, 1.54) is 6.26 Å². The first-order valence-electron chi connectivity index (χ1n) is 3.17. The molecule has 0 radical (unpaired) electrons. The van der Waals surface area contributed by atoms with E-state index in [-0.39, 0.29) is 5.75 Å². The van der Waals surface area contributed by atoms with Crippen molar-refractivity contribution in [3.05, 3.63) is 0 Å². The van der Waals surface area contributed by atoms with Gasteiger partial charge in [-0.05, 0) is 12.8 Å². The zero-order chi connectivity index (χ0) is 8.04. The van der Waals surface area contributed by atoms with Gasteiger partial charge in [-0.15, -0.1) is 0 Å². The molecule has 0 rings (SSSR count). The third kappa shape index (κ3) is 7.87. The standard InChI is InChI=1S/C5H14N2O2S/c1-10(8,9)5-3-2-4-7-6/h7H,2-6H2,1H3. The summed E-state index contributed by atoms with van der Waals surface area (Å²) in [6, 6.07) is 0. The highest BCUT2D eigenvalue weighted by Crippen LogP contribution is 1.91. The van der Waals surface area contributed by atoms with Crippen molar-refractivity contribution < 1.29 is 8.42 Å². The molecule has 0 amide bonds. The molecule has 0 aromatic carbocycles. The van der Waals surface area contributed by atoms with Gasteiger partial charge >= 0.3 is 0 Å². The summed E-state index contributed by atoms with van der Waals surface area (Å²) < 4.78 is 21.1. The van der Waals surface area contributed by atoms with E-state index in [9.17, 15) is 8.42 Å². The van der Waals surface area contributed by atoms with Crippen LogP contribution >= 0.6 is 0 Å². The van der Waals surface area contributed by atoms with Crippen LogP contribution in [0.4, 0.5) is 0 Å². The molecule has 3 N–H and O–H groups in total. The van der Waals surface area contributed by atoms with Crippen molar-refractivity contribution in [2.45, 2.75) is 12.8 Å². The predicted molar refractivity (Wildman–Crippen MR) is 41.1 cm³/mol. The lowest BCUT2D eigenvalue weighted by atomic mass is 10.3. The smallest absolute Gasteiger partial charge is 0.147 e. The number of hydrogen-bond donors (Lipinski definition) is 2. The molecule has 0 aliphatic carbocycles. The van der Waals surface area contributed by atoms with E-state index in [4.69, 9.17) is 5.84 Å². The Labute approximate surface area is 61.7 Å². The van der Waals surface area contributed by atoms with Crippen molar-refractivity contribution in [2.75, 3.05) is 18.6 Å². The maximum atomic E-state index is 10.5. The van der Waals surface area contributed by atoms with Crippen LogP contribution in [0.3, 0.4) is 0 Å². The Morgan fingerprint density at radius 3 is 2.40 bits per heavy atom. The first-order valence-corrected chi connectivity index (χ1v) is 5.23. The fraction of sp³-hybridized carbons (Fsp3) is 1.00. The summed E-state index contributed by atoms with van der Waals surface area (Å²) in [6.07, 6.45) is 2.73. The van der Waals surface area contributed by atoms with E-state index in [0.29, 0.717) is 13.0 Å². The number of nitrogens with one attached hydrogen (secondary N) is 1. The molecular formula is C5H14N2O2S. The average Bonchev–Trinajstić information content (AvgIpc) is 1.78. The van der Waals surface area contributed by atoms with Crippen molar-refractivity contribution in [3.8, 4) is 0 Å². The lowest BCUT2D eigenvalue weighted by Crippen LogP contribution is -2.23. The summed E-state index contributed by atoms with van der Waals surface area (Å²) in [7, 11) is -2.77. The second kappa shape index (κ2) is 4.65. The van der Waals surface area contributed by atoms with Gasteiger partial charge in [0.1, 0.15) is 9.84 Å². The fourth-order valence-electron chi connectivity index (χ4n) is 0.591. The highest BCUT2D eigenvalue weighted by molar-refractivity contribution is 7.90. The molecule has 62 valence electrons. The molecule has 0 aliphatic rings. The monoisotopic (exact) mass is 166 g/mol. The van der Waals surface area contributed by atoms with Crippen LogP contribution in [0.15, 0.2) is 0 Å². The lowest BCUT2D eigenvalue weighted by Gasteiger charge is -1.97. The van der Waals surface area contributed by atoms with Crippen molar-refractivity contribution in [2.24, 2.45) is 5.84 Å². The molecule has 0 aromatic heterocycles. The molecule has 10 heavy (non-hydrogen) atoms. The SMILES string of the molecule is CS(=O)(=O)CCCCNN. The predicted octanol–water partition coefficient (Wildman–Crippen LogP) is -0.725. The van der Waals surface area contributed by atoms with Gasteiger partial charge in [-0.25, -0.2) is 8.42 Å². The molecule has 0 saturated heterocycles. The number of unbranched alkanes of at least 4 members (excludes halogenated alkanes) is 1. The van der Waals surface area contributed by atoms with Gasteiger partial charge in [0.2, 0.25) is 0 Å². The molecule has 0 aliphatic heterocycles. The van der Waals surface area contributed by atoms with Crippen LogP contribution in [-0.4, -0.2) is 27.0 Å².